The number of primary amides is 1. The van der Waals surface area contributed by atoms with Crippen LogP contribution in [0.3, 0.4) is 0 Å². The van der Waals surface area contributed by atoms with Crippen molar-refractivity contribution >= 4 is 11.8 Å². The summed E-state index contributed by atoms with van der Waals surface area (Å²) in [7, 11) is 0. The first kappa shape index (κ1) is 13.9. The Balaban J connectivity index is 0.000000288. The van der Waals surface area contributed by atoms with Crippen LogP contribution in [-0.2, 0) is 9.59 Å². The van der Waals surface area contributed by atoms with Crippen molar-refractivity contribution in [1.29, 1.82) is 0 Å². The summed E-state index contributed by atoms with van der Waals surface area (Å²) in [5.74, 6) is 0.466. The fourth-order valence-corrected chi connectivity index (χ4v) is 1.35. The first-order valence-corrected chi connectivity index (χ1v) is 5.35. The van der Waals surface area contributed by atoms with Crippen molar-refractivity contribution in [3.63, 3.8) is 0 Å². The van der Waals surface area contributed by atoms with Gasteiger partial charge in [-0.1, -0.05) is 6.92 Å². The average molecular weight is 215 g/mol. The maximum absolute atomic E-state index is 10.6. The van der Waals surface area contributed by atoms with Crippen molar-refractivity contribution in [3.8, 4) is 0 Å². The van der Waals surface area contributed by atoms with Gasteiger partial charge in [0.15, 0.2) is 0 Å². The predicted molar refractivity (Wildman–Crippen MR) is 58.9 cm³/mol. The molecule has 0 aromatic carbocycles. The minimum absolute atomic E-state index is 0.174. The number of carbonyl (C=O) groups is 2. The normalized spacial score (nSPS) is 19.1. The SMILES string of the molecule is CCCC(N)=O.NCCC1CNC(=O)C1. The highest BCUT2D eigenvalue weighted by atomic mass is 16.2. The van der Waals surface area contributed by atoms with Gasteiger partial charge in [0.05, 0.1) is 0 Å². The lowest BCUT2D eigenvalue weighted by atomic mass is 10.1. The second-order valence-corrected chi connectivity index (χ2v) is 3.67. The molecule has 0 aromatic heterocycles. The van der Waals surface area contributed by atoms with Gasteiger partial charge in [-0.2, -0.15) is 0 Å². The van der Waals surface area contributed by atoms with E-state index in [1.54, 1.807) is 0 Å². The minimum atomic E-state index is -0.211. The van der Waals surface area contributed by atoms with Crippen LogP contribution in [0.4, 0.5) is 0 Å². The standard InChI is InChI=1S/C6H12N2O.C4H9NO/c7-2-1-5-3-6(9)8-4-5;1-2-3-4(5)6/h5H,1-4,7H2,(H,8,9);2-3H2,1H3,(H2,5,6). The Morgan fingerprint density at radius 1 is 1.60 bits per heavy atom. The molecule has 0 bridgehead atoms. The van der Waals surface area contributed by atoms with Gasteiger partial charge in [-0.3, -0.25) is 9.59 Å². The molecule has 5 nitrogen and oxygen atoms in total. The van der Waals surface area contributed by atoms with Gasteiger partial charge in [-0.15, -0.1) is 0 Å². The van der Waals surface area contributed by atoms with Gasteiger partial charge in [0.25, 0.3) is 0 Å². The molecule has 5 N–H and O–H groups in total. The Kier molecular flexibility index (Phi) is 7.62. The van der Waals surface area contributed by atoms with E-state index < -0.39 is 0 Å². The monoisotopic (exact) mass is 215 g/mol. The lowest BCUT2D eigenvalue weighted by Gasteiger charge is -2.01. The summed E-state index contributed by atoms with van der Waals surface area (Å²) in [6.07, 6.45) is 3.02. The molecule has 1 unspecified atom stereocenters. The largest absolute Gasteiger partial charge is 0.370 e. The molecular weight excluding hydrogens is 194 g/mol. The van der Waals surface area contributed by atoms with Gasteiger partial charge in [-0.25, -0.2) is 0 Å². The van der Waals surface area contributed by atoms with Gasteiger partial charge < -0.3 is 16.8 Å². The summed E-state index contributed by atoms with van der Waals surface area (Å²) in [6, 6.07) is 0. The molecule has 1 saturated heterocycles. The molecule has 2 amide bonds. The Labute approximate surface area is 90.6 Å². The third kappa shape index (κ3) is 7.93. The number of nitrogens with two attached hydrogens (primary N) is 2. The minimum Gasteiger partial charge on any atom is -0.370 e. The van der Waals surface area contributed by atoms with Crippen molar-refractivity contribution in [2.24, 2.45) is 17.4 Å². The van der Waals surface area contributed by atoms with Crippen molar-refractivity contribution < 1.29 is 9.59 Å². The van der Waals surface area contributed by atoms with Crippen LogP contribution in [0, 0.1) is 5.92 Å². The van der Waals surface area contributed by atoms with Crippen molar-refractivity contribution in [3.05, 3.63) is 0 Å². The Morgan fingerprint density at radius 3 is 2.53 bits per heavy atom. The van der Waals surface area contributed by atoms with Crippen molar-refractivity contribution in [2.45, 2.75) is 32.6 Å². The van der Waals surface area contributed by atoms with Crippen LogP contribution in [-0.4, -0.2) is 24.9 Å². The summed E-state index contributed by atoms with van der Waals surface area (Å²) in [4.78, 5) is 20.4. The Hall–Kier alpha value is -1.10. The van der Waals surface area contributed by atoms with Gasteiger partial charge in [0.1, 0.15) is 0 Å². The van der Waals surface area contributed by atoms with Gasteiger partial charge in [0.2, 0.25) is 11.8 Å². The Morgan fingerprint density at radius 2 is 2.27 bits per heavy atom. The van der Waals surface area contributed by atoms with Crippen molar-refractivity contribution in [1.82, 2.24) is 5.32 Å². The number of hydrogen-bond donors (Lipinski definition) is 3. The third-order valence-electron chi connectivity index (χ3n) is 2.13. The lowest BCUT2D eigenvalue weighted by Crippen LogP contribution is -2.14. The molecule has 15 heavy (non-hydrogen) atoms. The van der Waals surface area contributed by atoms with Crippen LogP contribution in [0.2, 0.25) is 0 Å². The van der Waals surface area contributed by atoms with E-state index in [0.717, 1.165) is 19.4 Å². The van der Waals surface area contributed by atoms with Crippen LogP contribution >= 0.6 is 0 Å². The smallest absolute Gasteiger partial charge is 0.220 e. The van der Waals surface area contributed by atoms with E-state index in [4.69, 9.17) is 11.5 Å². The average Bonchev–Trinajstić information content (AvgIpc) is 2.53. The maximum Gasteiger partial charge on any atom is 0.220 e. The van der Waals surface area contributed by atoms with Crippen LogP contribution in [0.15, 0.2) is 0 Å². The molecule has 0 spiro atoms. The first-order valence-electron chi connectivity index (χ1n) is 5.35. The maximum atomic E-state index is 10.6. The molecule has 1 fully saturated rings. The van der Waals surface area contributed by atoms with E-state index in [1.807, 2.05) is 6.92 Å². The van der Waals surface area contributed by atoms with E-state index in [9.17, 15) is 9.59 Å². The molecule has 1 aliphatic heterocycles. The summed E-state index contributed by atoms with van der Waals surface area (Å²) < 4.78 is 0. The van der Waals surface area contributed by atoms with E-state index in [0.29, 0.717) is 25.3 Å². The fourth-order valence-electron chi connectivity index (χ4n) is 1.35. The second kappa shape index (κ2) is 8.23. The molecular formula is C10H21N3O2. The topological polar surface area (TPSA) is 98.2 Å². The predicted octanol–water partition coefficient (Wildman–Crippen LogP) is -0.257. The lowest BCUT2D eigenvalue weighted by molar-refractivity contribution is -0.119. The molecule has 5 heteroatoms. The van der Waals surface area contributed by atoms with Gasteiger partial charge in [0, 0.05) is 19.4 Å². The summed E-state index contributed by atoms with van der Waals surface area (Å²) in [5, 5.41) is 2.76. The molecule has 1 aliphatic rings. The van der Waals surface area contributed by atoms with Crippen LogP contribution in [0.5, 0.6) is 0 Å². The molecule has 0 aliphatic carbocycles. The van der Waals surface area contributed by atoms with E-state index in [-0.39, 0.29) is 11.8 Å². The van der Waals surface area contributed by atoms with Crippen molar-refractivity contribution in [2.75, 3.05) is 13.1 Å². The van der Waals surface area contributed by atoms with Crippen LogP contribution in [0.25, 0.3) is 0 Å². The number of rotatable bonds is 4. The van der Waals surface area contributed by atoms with Crippen LogP contribution in [0.1, 0.15) is 32.6 Å². The highest BCUT2D eigenvalue weighted by Gasteiger charge is 2.19. The molecule has 0 saturated carbocycles. The fraction of sp³-hybridized carbons (Fsp3) is 0.800. The van der Waals surface area contributed by atoms with Crippen LogP contribution < -0.4 is 16.8 Å². The quantitative estimate of drug-likeness (QED) is 0.602. The van der Waals surface area contributed by atoms with Gasteiger partial charge in [-0.05, 0) is 25.3 Å². The zero-order chi connectivity index (χ0) is 11.7. The molecule has 1 atom stereocenters. The summed E-state index contributed by atoms with van der Waals surface area (Å²) >= 11 is 0. The second-order valence-electron chi connectivity index (χ2n) is 3.67. The molecule has 0 radical (unpaired) electrons. The zero-order valence-corrected chi connectivity index (χ0v) is 9.29. The molecule has 0 aromatic rings. The highest BCUT2D eigenvalue weighted by molar-refractivity contribution is 5.78. The van der Waals surface area contributed by atoms with E-state index in [2.05, 4.69) is 5.32 Å². The number of nitrogens with one attached hydrogen (secondary N) is 1. The number of hydrogen-bond acceptors (Lipinski definition) is 3. The zero-order valence-electron chi connectivity index (χ0n) is 9.29. The molecule has 1 rings (SSSR count). The summed E-state index contributed by atoms with van der Waals surface area (Å²) in [5.41, 5.74) is 10.1. The number of amides is 2. The third-order valence-corrected chi connectivity index (χ3v) is 2.13. The van der Waals surface area contributed by atoms with E-state index >= 15 is 0 Å². The van der Waals surface area contributed by atoms with Gasteiger partial charge >= 0.3 is 0 Å². The Bertz CT molecular complexity index is 207. The first-order chi connectivity index (χ1) is 7.10. The van der Waals surface area contributed by atoms with E-state index in [1.165, 1.54) is 0 Å². The highest BCUT2D eigenvalue weighted by Crippen LogP contribution is 2.11. The molecule has 1 heterocycles. The summed E-state index contributed by atoms with van der Waals surface area (Å²) in [6.45, 7) is 3.44. The molecule has 88 valence electrons. The number of carbonyl (C=O) groups excluding carboxylic acids is 2.